The maximum Gasteiger partial charge on any atom is 0.354 e. The number of rotatable bonds is 7. The van der Waals surface area contributed by atoms with E-state index >= 15 is 0 Å². The van der Waals surface area contributed by atoms with Gasteiger partial charge in [-0.1, -0.05) is 18.2 Å². The molecule has 3 heterocycles. The number of piperidine rings is 1. The Morgan fingerprint density at radius 3 is 2.17 bits per heavy atom. The molecule has 2 saturated heterocycles. The van der Waals surface area contributed by atoms with E-state index in [4.69, 9.17) is 4.74 Å². The van der Waals surface area contributed by atoms with E-state index in [1.54, 1.807) is 6.07 Å². The zero-order valence-electron chi connectivity index (χ0n) is 21.5. The molecule has 2 aliphatic heterocycles. The molecule has 0 bridgehead atoms. The van der Waals surface area contributed by atoms with E-state index in [2.05, 4.69) is 15.1 Å². The van der Waals surface area contributed by atoms with Crippen LogP contribution in [0, 0.1) is 13.8 Å². The van der Waals surface area contributed by atoms with Crippen molar-refractivity contribution in [3.05, 3.63) is 53.3 Å². The van der Waals surface area contributed by atoms with Crippen LogP contribution in [0.4, 0.5) is 5.69 Å². The van der Waals surface area contributed by atoms with Gasteiger partial charge in [0.1, 0.15) is 5.69 Å². The number of methoxy groups -OCH3 is 1. The van der Waals surface area contributed by atoms with Crippen LogP contribution in [0.3, 0.4) is 0 Å². The van der Waals surface area contributed by atoms with Crippen molar-refractivity contribution in [2.75, 3.05) is 64.8 Å². The van der Waals surface area contributed by atoms with Gasteiger partial charge in [0.2, 0.25) is 11.8 Å². The number of nitrogens with zero attached hydrogens (tertiary/aromatic N) is 4. The van der Waals surface area contributed by atoms with Crippen molar-refractivity contribution in [1.82, 2.24) is 19.3 Å². The van der Waals surface area contributed by atoms with E-state index in [-0.39, 0.29) is 23.8 Å². The number of hydrogen-bond donors (Lipinski definition) is 1. The van der Waals surface area contributed by atoms with Crippen molar-refractivity contribution in [2.24, 2.45) is 0 Å². The highest BCUT2D eigenvalue weighted by Gasteiger charge is 2.28. The number of esters is 1. The molecule has 9 nitrogen and oxygen atoms in total. The van der Waals surface area contributed by atoms with Gasteiger partial charge in [-0.05, 0) is 49.9 Å². The number of para-hydroxylation sites is 1. The van der Waals surface area contributed by atoms with Crippen LogP contribution in [-0.2, 0) is 14.3 Å². The molecular formula is C27H37N5O4. The molecule has 1 aromatic carbocycles. The molecule has 9 heteroatoms. The summed E-state index contributed by atoms with van der Waals surface area (Å²) in [5.41, 5.74) is 3.58. The summed E-state index contributed by atoms with van der Waals surface area (Å²) in [5, 5.41) is 3.05. The van der Waals surface area contributed by atoms with Crippen molar-refractivity contribution >= 4 is 23.5 Å². The number of likely N-dealkylation sites (tertiary alicyclic amines) is 1. The second-order valence-corrected chi connectivity index (χ2v) is 9.77. The number of hydrogen-bond acceptors (Lipinski definition) is 6. The Bertz CT molecular complexity index is 1060. The minimum absolute atomic E-state index is 0.0203. The fourth-order valence-corrected chi connectivity index (χ4v) is 5.19. The number of carbonyl (C=O) groups is 3. The molecule has 2 aliphatic rings. The van der Waals surface area contributed by atoms with Gasteiger partial charge in [0.05, 0.1) is 20.2 Å². The highest BCUT2D eigenvalue weighted by molar-refractivity contribution is 5.93. The first-order valence-corrected chi connectivity index (χ1v) is 12.7. The average molecular weight is 496 g/mol. The third-order valence-corrected chi connectivity index (χ3v) is 7.32. The summed E-state index contributed by atoms with van der Waals surface area (Å²) in [5.74, 6) is -0.197. The Kier molecular flexibility index (Phi) is 8.43. The van der Waals surface area contributed by atoms with E-state index in [0.717, 1.165) is 42.7 Å². The van der Waals surface area contributed by atoms with Gasteiger partial charge in [-0.25, -0.2) is 4.79 Å². The fraction of sp³-hybridized carbons (Fsp3) is 0.519. The number of amides is 2. The minimum Gasteiger partial charge on any atom is -0.464 e. The van der Waals surface area contributed by atoms with Crippen LogP contribution in [0.2, 0.25) is 0 Å². The normalized spacial score (nSPS) is 17.7. The first-order chi connectivity index (χ1) is 17.4. The molecular weight excluding hydrogens is 458 g/mol. The van der Waals surface area contributed by atoms with E-state index in [1.165, 1.54) is 7.11 Å². The summed E-state index contributed by atoms with van der Waals surface area (Å²) in [4.78, 5) is 43.7. The predicted octanol–water partition coefficient (Wildman–Crippen LogP) is 2.31. The number of piperazine rings is 1. The van der Waals surface area contributed by atoms with Crippen molar-refractivity contribution in [1.29, 1.82) is 0 Å². The number of anilines is 1. The van der Waals surface area contributed by atoms with Crippen LogP contribution in [0.5, 0.6) is 0 Å². The van der Waals surface area contributed by atoms with E-state index in [1.807, 2.05) is 53.8 Å². The summed E-state index contributed by atoms with van der Waals surface area (Å²) in [6, 6.07) is 9.87. The molecule has 0 spiro atoms. The highest BCUT2D eigenvalue weighted by atomic mass is 16.5. The van der Waals surface area contributed by atoms with Gasteiger partial charge in [0.25, 0.3) is 0 Å². The third-order valence-electron chi connectivity index (χ3n) is 7.32. The van der Waals surface area contributed by atoms with Crippen molar-refractivity contribution < 1.29 is 19.1 Å². The van der Waals surface area contributed by atoms with Gasteiger partial charge in [-0.15, -0.1) is 0 Å². The molecule has 194 valence electrons. The largest absolute Gasteiger partial charge is 0.464 e. The van der Waals surface area contributed by atoms with Gasteiger partial charge in [0, 0.05) is 57.2 Å². The van der Waals surface area contributed by atoms with Crippen LogP contribution in [-0.4, -0.2) is 96.5 Å². The summed E-state index contributed by atoms with van der Waals surface area (Å²) in [7, 11) is 1.40. The van der Waals surface area contributed by atoms with Crippen LogP contribution in [0.1, 0.15) is 40.5 Å². The van der Waals surface area contributed by atoms with Crippen LogP contribution >= 0.6 is 0 Å². The Labute approximate surface area is 213 Å². The van der Waals surface area contributed by atoms with E-state index in [0.29, 0.717) is 45.0 Å². The SMILES string of the molecule is COC(=O)c1cccn1C1CCN(CC(=O)N2CCN(CC(=O)Nc3c(C)cccc3C)CC2)CC1. The Balaban J connectivity index is 1.19. The van der Waals surface area contributed by atoms with E-state index < -0.39 is 0 Å². The summed E-state index contributed by atoms with van der Waals surface area (Å²) < 4.78 is 6.89. The van der Waals surface area contributed by atoms with Gasteiger partial charge in [-0.3, -0.25) is 19.4 Å². The topological polar surface area (TPSA) is 87.1 Å². The number of aromatic nitrogens is 1. The molecule has 0 radical (unpaired) electrons. The molecule has 0 aliphatic carbocycles. The number of carbonyl (C=O) groups excluding carboxylic acids is 3. The quantitative estimate of drug-likeness (QED) is 0.594. The maximum absolute atomic E-state index is 12.9. The third kappa shape index (κ3) is 6.14. The van der Waals surface area contributed by atoms with Crippen molar-refractivity contribution in [3.8, 4) is 0 Å². The molecule has 0 atom stereocenters. The summed E-state index contributed by atoms with van der Waals surface area (Å²) >= 11 is 0. The summed E-state index contributed by atoms with van der Waals surface area (Å²) in [6.07, 6.45) is 3.70. The highest BCUT2D eigenvalue weighted by Crippen LogP contribution is 2.25. The standard InChI is InChI=1S/C27H37N5O4/c1-20-6-4-7-21(2)26(20)28-24(33)18-30-14-16-31(17-15-30)25(34)19-29-12-9-22(10-13-29)32-11-5-8-23(32)27(35)36-3/h4-8,11,22H,9-10,12-19H2,1-3H3,(H,28,33). The van der Waals surface area contributed by atoms with Crippen LogP contribution < -0.4 is 5.32 Å². The smallest absolute Gasteiger partial charge is 0.354 e. The van der Waals surface area contributed by atoms with E-state index in [9.17, 15) is 14.4 Å². The lowest BCUT2D eigenvalue weighted by Gasteiger charge is -2.37. The van der Waals surface area contributed by atoms with Gasteiger partial charge in [-0.2, -0.15) is 0 Å². The number of nitrogens with one attached hydrogen (secondary N) is 1. The summed E-state index contributed by atoms with van der Waals surface area (Å²) in [6.45, 7) is 9.02. The van der Waals surface area contributed by atoms with Crippen LogP contribution in [0.25, 0.3) is 0 Å². The Morgan fingerprint density at radius 1 is 0.889 bits per heavy atom. The first kappa shape index (κ1) is 25.9. The lowest BCUT2D eigenvalue weighted by atomic mass is 10.0. The first-order valence-electron chi connectivity index (χ1n) is 12.7. The number of aryl methyl sites for hydroxylation is 2. The van der Waals surface area contributed by atoms with Gasteiger partial charge in [0.15, 0.2) is 0 Å². The average Bonchev–Trinajstić information content (AvgIpc) is 3.37. The zero-order valence-corrected chi connectivity index (χ0v) is 21.5. The van der Waals surface area contributed by atoms with Crippen LogP contribution in [0.15, 0.2) is 36.5 Å². The lowest BCUT2D eigenvalue weighted by molar-refractivity contribution is -0.134. The van der Waals surface area contributed by atoms with Gasteiger partial charge < -0.3 is 19.5 Å². The molecule has 2 fully saturated rings. The number of ether oxygens (including phenoxy) is 1. The second-order valence-electron chi connectivity index (χ2n) is 9.77. The molecule has 0 unspecified atom stereocenters. The molecule has 2 aromatic rings. The molecule has 4 rings (SSSR count). The molecule has 0 saturated carbocycles. The molecule has 36 heavy (non-hydrogen) atoms. The van der Waals surface area contributed by atoms with Gasteiger partial charge >= 0.3 is 5.97 Å². The Morgan fingerprint density at radius 2 is 1.53 bits per heavy atom. The molecule has 1 N–H and O–H groups in total. The molecule has 2 amide bonds. The number of benzene rings is 1. The second kappa shape index (κ2) is 11.7. The lowest BCUT2D eigenvalue weighted by Crippen LogP contribution is -2.53. The minimum atomic E-state index is -0.320. The predicted molar refractivity (Wildman–Crippen MR) is 138 cm³/mol. The Hall–Kier alpha value is -3.17. The maximum atomic E-state index is 12.9. The fourth-order valence-electron chi connectivity index (χ4n) is 5.19. The zero-order chi connectivity index (χ0) is 25.7. The molecule has 1 aromatic heterocycles. The van der Waals surface area contributed by atoms with Crippen molar-refractivity contribution in [3.63, 3.8) is 0 Å². The monoisotopic (exact) mass is 495 g/mol. The van der Waals surface area contributed by atoms with Crippen molar-refractivity contribution in [2.45, 2.75) is 32.7 Å².